The average Bonchev–Trinajstić information content (AvgIpc) is 2.54. The maximum absolute atomic E-state index is 12.9. The van der Waals surface area contributed by atoms with E-state index in [1.165, 1.54) is 0 Å². The van der Waals surface area contributed by atoms with Gasteiger partial charge in [0.25, 0.3) is 5.56 Å². The number of nitro groups is 1. The average molecular weight is 351 g/mol. The largest absolute Gasteiger partial charge is 0.417 e. The lowest BCUT2D eigenvalue weighted by Crippen LogP contribution is -2.12. The molecule has 0 amide bonds. The fraction of sp³-hybridized carbons (Fsp3) is 0.0667. The summed E-state index contributed by atoms with van der Waals surface area (Å²) >= 11 is 0. The van der Waals surface area contributed by atoms with E-state index in [0.717, 1.165) is 0 Å². The van der Waals surface area contributed by atoms with Gasteiger partial charge in [0.1, 0.15) is 0 Å². The van der Waals surface area contributed by atoms with Gasteiger partial charge in [0.2, 0.25) is 5.58 Å². The zero-order chi connectivity index (χ0) is 18.2. The summed E-state index contributed by atoms with van der Waals surface area (Å²) in [7, 11) is 0. The molecule has 25 heavy (non-hydrogen) atoms. The van der Waals surface area contributed by atoms with Crippen LogP contribution in [0.2, 0.25) is 0 Å². The third-order valence-corrected chi connectivity index (χ3v) is 3.25. The molecule has 1 N–H and O–H groups in total. The number of para-hydroxylation sites is 1. The highest BCUT2D eigenvalue weighted by molar-refractivity contribution is 5.86. The summed E-state index contributed by atoms with van der Waals surface area (Å²) in [4.78, 5) is 25.6. The molecule has 0 fully saturated rings. The molecule has 0 atom stereocenters. The summed E-state index contributed by atoms with van der Waals surface area (Å²) in [5, 5.41) is 13.1. The Morgan fingerprint density at radius 3 is 2.44 bits per heavy atom. The van der Waals surface area contributed by atoms with Crippen molar-refractivity contribution >= 4 is 28.4 Å². The van der Waals surface area contributed by atoms with Crippen LogP contribution in [0.5, 0.6) is 0 Å². The van der Waals surface area contributed by atoms with Gasteiger partial charge in [-0.3, -0.25) is 14.9 Å². The fourth-order valence-corrected chi connectivity index (χ4v) is 2.15. The van der Waals surface area contributed by atoms with E-state index in [9.17, 15) is 28.1 Å². The Hall–Kier alpha value is -3.43. The van der Waals surface area contributed by atoms with E-state index in [1.807, 2.05) is 0 Å². The van der Waals surface area contributed by atoms with Crippen LogP contribution in [0.4, 0.5) is 30.6 Å². The van der Waals surface area contributed by atoms with Crippen LogP contribution in [-0.4, -0.2) is 9.91 Å². The maximum Gasteiger partial charge on any atom is 0.416 e. The van der Waals surface area contributed by atoms with E-state index >= 15 is 0 Å². The first-order valence-electron chi connectivity index (χ1n) is 6.78. The van der Waals surface area contributed by atoms with Gasteiger partial charge in [0.15, 0.2) is 0 Å². The second kappa shape index (κ2) is 5.89. The lowest BCUT2D eigenvalue weighted by atomic mass is 10.1. The van der Waals surface area contributed by atoms with Gasteiger partial charge in [-0.1, -0.05) is 18.2 Å². The molecule has 0 aliphatic carbocycles. The molecule has 3 aromatic rings. The quantitative estimate of drug-likeness (QED) is 0.568. The molecule has 0 aliphatic rings. The van der Waals surface area contributed by atoms with Crippen molar-refractivity contribution in [2.24, 2.45) is 0 Å². The van der Waals surface area contributed by atoms with Crippen LogP contribution in [0.3, 0.4) is 0 Å². The minimum Gasteiger partial charge on any atom is -0.417 e. The SMILES string of the molecule is O=c1nc(Nc2ccccc2)oc2c([N+](=O)[O-])cc(C(F)(F)F)cc12. The van der Waals surface area contributed by atoms with E-state index in [-0.39, 0.29) is 6.01 Å². The molecule has 0 saturated carbocycles. The predicted molar refractivity (Wildman–Crippen MR) is 81.7 cm³/mol. The van der Waals surface area contributed by atoms with Crippen molar-refractivity contribution in [2.75, 3.05) is 5.32 Å². The molecule has 0 bridgehead atoms. The zero-order valence-electron chi connectivity index (χ0n) is 12.2. The number of fused-ring (bicyclic) bond motifs is 1. The molecule has 0 spiro atoms. The first-order valence-corrected chi connectivity index (χ1v) is 6.78. The van der Waals surface area contributed by atoms with E-state index in [1.54, 1.807) is 30.3 Å². The molecule has 1 heterocycles. The van der Waals surface area contributed by atoms with Gasteiger partial charge < -0.3 is 9.73 Å². The highest BCUT2D eigenvalue weighted by Gasteiger charge is 2.34. The molecule has 0 unspecified atom stereocenters. The minimum atomic E-state index is -4.85. The molecule has 10 heteroatoms. The number of benzene rings is 2. The lowest BCUT2D eigenvalue weighted by Gasteiger charge is -2.09. The van der Waals surface area contributed by atoms with Crippen molar-refractivity contribution in [1.29, 1.82) is 0 Å². The van der Waals surface area contributed by atoms with Gasteiger partial charge in [0, 0.05) is 11.8 Å². The topological polar surface area (TPSA) is 98.3 Å². The lowest BCUT2D eigenvalue weighted by molar-refractivity contribution is -0.383. The van der Waals surface area contributed by atoms with Gasteiger partial charge >= 0.3 is 17.9 Å². The first kappa shape index (κ1) is 16.4. The summed E-state index contributed by atoms with van der Waals surface area (Å²) in [6.07, 6.45) is -4.85. The summed E-state index contributed by atoms with van der Waals surface area (Å²) in [6, 6.07) is 8.76. The number of aromatic nitrogens is 1. The molecule has 2 aromatic carbocycles. The summed E-state index contributed by atoms with van der Waals surface area (Å²) in [5.41, 5.74) is -3.48. The maximum atomic E-state index is 12.9. The van der Waals surface area contributed by atoms with Crippen LogP contribution in [0.25, 0.3) is 11.0 Å². The summed E-state index contributed by atoms with van der Waals surface area (Å²) < 4.78 is 43.8. The molecule has 128 valence electrons. The van der Waals surface area contributed by atoms with Crippen molar-refractivity contribution in [1.82, 2.24) is 4.98 Å². The van der Waals surface area contributed by atoms with E-state index < -0.39 is 38.9 Å². The number of hydrogen-bond donors (Lipinski definition) is 1. The van der Waals surface area contributed by atoms with E-state index in [4.69, 9.17) is 4.42 Å². The van der Waals surface area contributed by atoms with Gasteiger partial charge in [-0.2, -0.15) is 18.2 Å². The summed E-state index contributed by atoms with van der Waals surface area (Å²) in [5.74, 6) is 0. The van der Waals surface area contributed by atoms with Gasteiger partial charge in [-0.05, 0) is 18.2 Å². The Labute approximate surface area is 136 Å². The second-order valence-corrected chi connectivity index (χ2v) is 4.94. The fourth-order valence-electron chi connectivity index (χ4n) is 2.15. The van der Waals surface area contributed by atoms with Crippen LogP contribution in [0.1, 0.15) is 5.56 Å². The van der Waals surface area contributed by atoms with Crippen molar-refractivity contribution in [2.45, 2.75) is 6.18 Å². The number of rotatable bonds is 3. The zero-order valence-corrected chi connectivity index (χ0v) is 12.2. The molecule has 0 aliphatic heterocycles. The van der Waals surface area contributed by atoms with Crippen molar-refractivity contribution in [3.05, 3.63) is 68.5 Å². The first-order chi connectivity index (χ1) is 11.8. The number of non-ortho nitro benzene ring substituents is 1. The Bertz CT molecular complexity index is 1020. The third kappa shape index (κ3) is 3.27. The molecule has 0 radical (unpaired) electrons. The van der Waals surface area contributed by atoms with Gasteiger partial charge in [-0.15, -0.1) is 0 Å². The molecule has 1 aromatic heterocycles. The van der Waals surface area contributed by atoms with Crippen LogP contribution >= 0.6 is 0 Å². The molecule has 7 nitrogen and oxygen atoms in total. The Morgan fingerprint density at radius 1 is 1.16 bits per heavy atom. The van der Waals surface area contributed by atoms with Crippen LogP contribution in [0, 0.1) is 10.1 Å². The second-order valence-electron chi connectivity index (χ2n) is 4.94. The Morgan fingerprint density at radius 2 is 1.84 bits per heavy atom. The highest BCUT2D eigenvalue weighted by Crippen LogP contribution is 2.35. The number of nitro benzene ring substituents is 1. The Balaban J connectivity index is 2.22. The molecule has 3 rings (SSSR count). The predicted octanol–water partition coefficient (Wildman–Crippen LogP) is 3.86. The minimum absolute atomic E-state index is 0.317. The van der Waals surface area contributed by atoms with Crippen molar-refractivity contribution in [3.8, 4) is 0 Å². The third-order valence-electron chi connectivity index (χ3n) is 3.25. The molecule has 0 saturated heterocycles. The van der Waals surface area contributed by atoms with E-state index in [0.29, 0.717) is 17.8 Å². The smallest absolute Gasteiger partial charge is 0.416 e. The van der Waals surface area contributed by atoms with E-state index in [2.05, 4.69) is 10.3 Å². The van der Waals surface area contributed by atoms with Crippen molar-refractivity contribution < 1.29 is 22.5 Å². The highest BCUT2D eigenvalue weighted by atomic mass is 19.4. The number of nitrogens with one attached hydrogen (secondary N) is 1. The molecular weight excluding hydrogens is 343 g/mol. The summed E-state index contributed by atoms with van der Waals surface area (Å²) in [6.45, 7) is 0. The van der Waals surface area contributed by atoms with Crippen LogP contribution < -0.4 is 10.9 Å². The van der Waals surface area contributed by atoms with Gasteiger partial charge in [0.05, 0.1) is 15.9 Å². The molecular formula is C15H8F3N3O4. The van der Waals surface area contributed by atoms with Crippen molar-refractivity contribution in [3.63, 3.8) is 0 Å². The van der Waals surface area contributed by atoms with Gasteiger partial charge in [-0.25, -0.2) is 0 Å². The number of halogens is 3. The van der Waals surface area contributed by atoms with Crippen LogP contribution in [0.15, 0.2) is 51.7 Å². The standard InChI is InChI=1S/C15H8F3N3O4/c16-15(17,18)8-6-10-12(11(7-8)21(23)24)25-14(20-13(10)22)19-9-4-2-1-3-5-9/h1-7H,(H,19,20,22). The number of nitrogens with zero attached hydrogens (tertiary/aromatic N) is 2. The van der Waals surface area contributed by atoms with Crippen LogP contribution in [-0.2, 0) is 6.18 Å². The number of alkyl halides is 3. The monoisotopic (exact) mass is 351 g/mol. The Kier molecular flexibility index (Phi) is 3.87. The number of hydrogen-bond acceptors (Lipinski definition) is 6. The number of anilines is 2. The normalized spacial score (nSPS) is 11.5.